The monoisotopic (exact) mass is 612 g/mol. The molecular formula is C38H60O4S. The summed E-state index contributed by atoms with van der Waals surface area (Å²) in [6, 6.07) is 14.8. The van der Waals surface area contributed by atoms with E-state index < -0.39 is 15.3 Å². The highest BCUT2D eigenvalue weighted by molar-refractivity contribution is 7.91. The van der Waals surface area contributed by atoms with Crippen molar-refractivity contribution in [3.05, 3.63) is 59.7 Å². The van der Waals surface area contributed by atoms with Crippen molar-refractivity contribution < 1.29 is 18.3 Å². The third-order valence-corrected chi connectivity index (χ3v) is 10.1. The van der Waals surface area contributed by atoms with Gasteiger partial charge in [-0.3, -0.25) is 0 Å². The van der Waals surface area contributed by atoms with E-state index in [9.17, 15) is 13.5 Å². The summed E-state index contributed by atoms with van der Waals surface area (Å²) in [5.41, 5.74) is 0.621. The van der Waals surface area contributed by atoms with E-state index in [1.165, 1.54) is 83.5 Å². The van der Waals surface area contributed by atoms with E-state index >= 15 is 0 Å². The van der Waals surface area contributed by atoms with Crippen LogP contribution in [0.2, 0.25) is 0 Å². The van der Waals surface area contributed by atoms with Gasteiger partial charge in [0.1, 0.15) is 5.75 Å². The number of sulfone groups is 1. The summed E-state index contributed by atoms with van der Waals surface area (Å²) in [6.45, 7) is 5.18. The van der Waals surface area contributed by atoms with Crippen LogP contribution in [0.3, 0.4) is 0 Å². The van der Waals surface area contributed by atoms with Crippen LogP contribution in [-0.2, 0) is 9.84 Å². The Labute approximate surface area is 264 Å². The number of rotatable bonds is 26. The van der Waals surface area contributed by atoms with Crippen molar-refractivity contribution in [2.24, 2.45) is 0 Å². The van der Waals surface area contributed by atoms with Crippen molar-refractivity contribution in [1.29, 1.82) is 0 Å². The minimum Gasteiger partial charge on any atom is -0.494 e. The number of aliphatic hydroxyl groups excluding tert-OH is 1. The third-order valence-electron chi connectivity index (χ3n) is 8.24. The number of hydrogen-bond acceptors (Lipinski definition) is 4. The lowest BCUT2D eigenvalue weighted by Crippen LogP contribution is -2.20. The van der Waals surface area contributed by atoms with E-state index in [0.29, 0.717) is 0 Å². The molecule has 0 radical (unpaired) electrons. The molecule has 0 spiro atoms. The molecule has 242 valence electrons. The number of unbranched alkanes of at least 4 members (excludes halogenated alkanes) is 17. The maximum Gasteiger partial charge on any atom is 0.204 e. The van der Waals surface area contributed by atoms with Crippen LogP contribution in [-0.4, -0.2) is 25.6 Å². The van der Waals surface area contributed by atoms with E-state index in [-0.39, 0.29) is 11.3 Å². The van der Waals surface area contributed by atoms with Crippen molar-refractivity contribution in [2.45, 2.75) is 153 Å². The Balaban J connectivity index is 1.59. The minimum absolute atomic E-state index is 0.172. The van der Waals surface area contributed by atoms with Gasteiger partial charge in [0.2, 0.25) is 9.84 Å². The molecule has 2 aromatic carbocycles. The van der Waals surface area contributed by atoms with Crippen molar-refractivity contribution in [3.8, 4) is 5.75 Å². The van der Waals surface area contributed by atoms with Crippen molar-refractivity contribution >= 4 is 22.0 Å². The first-order chi connectivity index (χ1) is 21.0. The Bertz CT molecular complexity index is 1070. The smallest absolute Gasteiger partial charge is 0.204 e. The van der Waals surface area contributed by atoms with E-state index in [4.69, 9.17) is 4.74 Å². The average Bonchev–Trinajstić information content (AvgIpc) is 3.02. The van der Waals surface area contributed by atoms with E-state index in [0.717, 1.165) is 62.0 Å². The first kappa shape index (κ1) is 37.1. The van der Waals surface area contributed by atoms with Gasteiger partial charge in [0, 0.05) is 0 Å². The maximum atomic E-state index is 12.7. The van der Waals surface area contributed by atoms with Crippen LogP contribution in [0.25, 0.3) is 12.2 Å². The lowest BCUT2D eigenvalue weighted by molar-refractivity contribution is 0.233. The summed E-state index contributed by atoms with van der Waals surface area (Å²) in [4.78, 5) is 0.172. The molecule has 43 heavy (non-hydrogen) atoms. The van der Waals surface area contributed by atoms with Gasteiger partial charge in [-0.15, -0.1) is 0 Å². The Morgan fingerprint density at radius 2 is 0.977 bits per heavy atom. The van der Waals surface area contributed by atoms with Gasteiger partial charge in [-0.1, -0.05) is 159 Å². The second kappa shape index (κ2) is 23.3. The summed E-state index contributed by atoms with van der Waals surface area (Å²) in [5, 5.41) is 10.3. The van der Waals surface area contributed by atoms with Gasteiger partial charge < -0.3 is 9.84 Å². The molecule has 0 aliphatic carbocycles. The summed E-state index contributed by atoms with van der Waals surface area (Å²) >= 11 is 0. The second-order valence-electron chi connectivity index (χ2n) is 12.1. The van der Waals surface area contributed by atoms with Crippen LogP contribution in [0.5, 0.6) is 5.75 Å². The number of aliphatic hydroxyl groups is 1. The molecule has 5 heteroatoms. The van der Waals surface area contributed by atoms with E-state index in [2.05, 4.69) is 13.8 Å². The van der Waals surface area contributed by atoms with Gasteiger partial charge in [0.15, 0.2) is 5.44 Å². The Hall–Kier alpha value is -2.11. The minimum atomic E-state index is -3.73. The van der Waals surface area contributed by atoms with Gasteiger partial charge in [0.05, 0.1) is 11.5 Å². The topological polar surface area (TPSA) is 63.6 Å². The van der Waals surface area contributed by atoms with Gasteiger partial charge in [-0.05, 0) is 54.7 Å². The third kappa shape index (κ3) is 16.5. The first-order valence-electron chi connectivity index (χ1n) is 17.4. The average molecular weight is 613 g/mol. The maximum absolute atomic E-state index is 12.7. The normalized spacial score (nSPS) is 12.6. The molecule has 0 aromatic heterocycles. The lowest BCUT2D eigenvalue weighted by Gasteiger charge is -2.12. The fourth-order valence-corrected chi connectivity index (χ4v) is 6.66. The summed E-state index contributed by atoms with van der Waals surface area (Å²) in [6.07, 6.45) is 28.3. The molecular weight excluding hydrogens is 552 g/mol. The molecule has 0 aliphatic heterocycles. The van der Waals surface area contributed by atoms with Crippen LogP contribution >= 0.6 is 0 Å². The molecule has 1 unspecified atom stereocenters. The second-order valence-corrected chi connectivity index (χ2v) is 14.2. The molecule has 0 aliphatic rings. The quantitative estimate of drug-likeness (QED) is 0.0848. The fraction of sp³-hybridized carbons (Fsp3) is 0.632. The first-order valence-corrected chi connectivity index (χ1v) is 18.9. The largest absolute Gasteiger partial charge is 0.494 e. The Morgan fingerprint density at radius 1 is 0.581 bits per heavy atom. The van der Waals surface area contributed by atoms with Crippen LogP contribution in [0.15, 0.2) is 53.4 Å². The molecule has 0 heterocycles. The molecule has 2 aromatic rings. The standard InChI is InChI=1S/C38H60O4S/c1-3-5-7-9-10-11-12-13-14-15-16-17-19-21-33-42-36-29-25-34(26-30-36)23-24-35-27-31-37(32-28-35)43(40,41)38(39)22-20-18-8-6-4-2/h23-32,38-39H,3-22,33H2,1-2H3. The zero-order valence-corrected chi connectivity index (χ0v) is 28.1. The zero-order valence-electron chi connectivity index (χ0n) is 27.3. The van der Waals surface area contributed by atoms with Crippen LogP contribution < -0.4 is 4.74 Å². The Kier molecular flexibility index (Phi) is 20.1. The van der Waals surface area contributed by atoms with Gasteiger partial charge >= 0.3 is 0 Å². The highest BCUT2D eigenvalue weighted by atomic mass is 32.2. The van der Waals surface area contributed by atoms with E-state index in [1.54, 1.807) is 24.3 Å². The molecule has 2 rings (SSSR count). The predicted octanol–water partition coefficient (Wildman–Crippen LogP) is 11.2. The Morgan fingerprint density at radius 3 is 1.44 bits per heavy atom. The van der Waals surface area contributed by atoms with Gasteiger partial charge in [-0.2, -0.15) is 0 Å². The van der Waals surface area contributed by atoms with Crippen molar-refractivity contribution in [2.75, 3.05) is 6.61 Å². The number of hydrogen-bond donors (Lipinski definition) is 1. The van der Waals surface area contributed by atoms with Crippen LogP contribution in [0.4, 0.5) is 0 Å². The molecule has 4 nitrogen and oxygen atoms in total. The van der Waals surface area contributed by atoms with Crippen LogP contribution in [0.1, 0.15) is 153 Å². The number of ether oxygens (including phenoxy) is 1. The molecule has 0 saturated heterocycles. The molecule has 1 atom stereocenters. The SMILES string of the molecule is CCCCCCCCCCCCCCCCOc1ccc(C=Cc2ccc(S(=O)(=O)C(O)CCCCCCC)cc2)cc1. The van der Waals surface area contributed by atoms with E-state index in [1.807, 2.05) is 36.4 Å². The number of benzene rings is 2. The van der Waals surface area contributed by atoms with Gasteiger partial charge in [0.25, 0.3) is 0 Å². The van der Waals surface area contributed by atoms with Gasteiger partial charge in [-0.25, -0.2) is 8.42 Å². The molecule has 0 amide bonds. The van der Waals surface area contributed by atoms with Crippen LogP contribution in [0, 0.1) is 0 Å². The molecule has 0 saturated carbocycles. The summed E-state index contributed by atoms with van der Waals surface area (Å²) < 4.78 is 31.4. The molecule has 0 bridgehead atoms. The molecule has 0 fully saturated rings. The van der Waals surface area contributed by atoms with Crippen molar-refractivity contribution in [1.82, 2.24) is 0 Å². The molecule has 1 N–H and O–H groups in total. The highest BCUT2D eigenvalue weighted by Crippen LogP contribution is 2.21. The predicted molar refractivity (Wildman–Crippen MR) is 184 cm³/mol. The summed E-state index contributed by atoms with van der Waals surface area (Å²) in [5.74, 6) is 0.894. The lowest BCUT2D eigenvalue weighted by atomic mass is 10.0. The fourth-order valence-electron chi connectivity index (χ4n) is 5.36. The zero-order chi connectivity index (χ0) is 31.0. The highest BCUT2D eigenvalue weighted by Gasteiger charge is 2.24. The summed E-state index contributed by atoms with van der Waals surface area (Å²) in [7, 11) is -3.73. The van der Waals surface area contributed by atoms with Crippen molar-refractivity contribution in [3.63, 3.8) is 0 Å².